The standard InChI is InChI=1S/C15H10ClFN2/c16-12-5-1-10(2-6-12)14-9-15(19-18-14)11-3-7-13(17)8-4-11/h1-9H,(H,18,19). The highest BCUT2D eigenvalue weighted by molar-refractivity contribution is 6.30. The zero-order valence-corrected chi connectivity index (χ0v) is 10.7. The van der Waals surface area contributed by atoms with E-state index in [1.54, 1.807) is 12.1 Å². The SMILES string of the molecule is Fc1ccc(-c2cc(-c3ccc(Cl)cc3)[nH]n2)cc1. The van der Waals surface area contributed by atoms with E-state index in [0.717, 1.165) is 22.5 Å². The van der Waals surface area contributed by atoms with E-state index in [2.05, 4.69) is 10.2 Å². The Morgan fingerprint density at radius 2 is 1.53 bits per heavy atom. The quantitative estimate of drug-likeness (QED) is 0.729. The van der Waals surface area contributed by atoms with E-state index in [4.69, 9.17) is 11.6 Å². The minimum absolute atomic E-state index is 0.253. The van der Waals surface area contributed by atoms with E-state index in [0.29, 0.717) is 5.02 Å². The van der Waals surface area contributed by atoms with Crippen molar-refractivity contribution >= 4 is 11.6 Å². The fourth-order valence-corrected chi connectivity index (χ4v) is 1.99. The van der Waals surface area contributed by atoms with Gasteiger partial charge in [0.1, 0.15) is 5.82 Å². The molecule has 0 atom stereocenters. The highest BCUT2D eigenvalue weighted by Crippen LogP contribution is 2.24. The minimum atomic E-state index is -0.253. The molecular formula is C15H10ClFN2. The van der Waals surface area contributed by atoms with Crippen molar-refractivity contribution in [3.05, 3.63) is 65.4 Å². The molecule has 1 heterocycles. The molecule has 0 fully saturated rings. The first-order chi connectivity index (χ1) is 9.22. The Hall–Kier alpha value is -2.13. The Kier molecular flexibility index (Phi) is 3.05. The van der Waals surface area contributed by atoms with Gasteiger partial charge in [-0.05, 0) is 48.0 Å². The summed E-state index contributed by atoms with van der Waals surface area (Å²) in [5, 5.41) is 7.90. The number of halogens is 2. The maximum atomic E-state index is 12.9. The molecule has 19 heavy (non-hydrogen) atoms. The molecule has 0 aliphatic heterocycles. The van der Waals surface area contributed by atoms with Gasteiger partial charge in [0.2, 0.25) is 0 Å². The van der Waals surface area contributed by atoms with Gasteiger partial charge in [0, 0.05) is 10.6 Å². The molecule has 0 aliphatic carbocycles. The van der Waals surface area contributed by atoms with Crippen molar-refractivity contribution in [3.8, 4) is 22.5 Å². The molecule has 2 aromatic carbocycles. The number of hydrogen-bond donors (Lipinski definition) is 1. The van der Waals surface area contributed by atoms with Crippen molar-refractivity contribution in [1.82, 2.24) is 10.2 Å². The zero-order valence-electron chi connectivity index (χ0n) is 9.90. The third-order valence-corrected chi connectivity index (χ3v) is 3.13. The number of nitrogens with zero attached hydrogens (tertiary/aromatic N) is 1. The second-order valence-electron chi connectivity index (χ2n) is 4.18. The van der Waals surface area contributed by atoms with Gasteiger partial charge in [0.05, 0.1) is 11.4 Å². The fraction of sp³-hybridized carbons (Fsp3) is 0. The summed E-state index contributed by atoms with van der Waals surface area (Å²) < 4.78 is 12.9. The molecule has 0 saturated heterocycles. The first-order valence-corrected chi connectivity index (χ1v) is 6.17. The third-order valence-electron chi connectivity index (χ3n) is 2.87. The summed E-state index contributed by atoms with van der Waals surface area (Å²) in [6.07, 6.45) is 0. The van der Waals surface area contributed by atoms with Crippen molar-refractivity contribution in [2.75, 3.05) is 0 Å². The fourth-order valence-electron chi connectivity index (χ4n) is 1.87. The van der Waals surface area contributed by atoms with Gasteiger partial charge in [-0.1, -0.05) is 23.7 Å². The van der Waals surface area contributed by atoms with Crippen molar-refractivity contribution in [3.63, 3.8) is 0 Å². The van der Waals surface area contributed by atoms with Gasteiger partial charge in [0.25, 0.3) is 0 Å². The lowest BCUT2D eigenvalue weighted by Gasteiger charge is -1.96. The molecule has 0 amide bonds. The monoisotopic (exact) mass is 272 g/mol. The molecule has 0 unspecified atom stereocenters. The second-order valence-corrected chi connectivity index (χ2v) is 4.62. The summed E-state index contributed by atoms with van der Waals surface area (Å²) in [6, 6.07) is 15.7. The average Bonchev–Trinajstić information content (AvgIpc) is 2.90. The van der Waals surface area contributed by atoms with Gasteiger partial charge >= 0.3 is 0 Å². The summed E-state index contributed by atoms with van der Waals surface area (Å²) in [4.78, 5) is 0. The minimum Gasteiger partial charge on any atom is -0.277 e. The van der Waals surface area contributed by atoms with Crippen LogP contribution in [-0.4, -0.2) is 10.2 Å². The van der Waals surface area contributed by atoms with E-state index >= 15 is 0 Å². The summed E-state index contributed by atoms with van der Waals surface area (Å²) in [5.74, 6) is -0.253. The van der Waals surface area contributed by atoms with Crippen LogP contribution in [0.3, 0.4) is 0 Å². The van der Waals surface area contributed by atoms with E-state index in [-0.39, 0.29) is 5.82 Å². The number of hydrogen-bond acceptors (Lipinski definition) is 1. The summed E-state index contributed by atoms with van der Waals surface area (Å²) in [6.45, 7) is 0. The number of nitrogens with one attached hydrogen (secondary N) is 1. The molecule has 3 aromatic rings. The van der Waals surface area contributed by atoms with E-state index in [9.17, 15) is 4.39 Å². The lowest BCUT2D eigenvalue weighted by atomic mass is 10.1. The average molecular weight is 273 g/mol. The Morgan fingerprint density at radius 3 is 2.21 bits per heavy atom. The topological polar surface area (TPSA) is 28.7 Å². The highest BCUT2D eigenvalue weighted by atomic mass is 35.5. The van der Waals surface area contributed by atoms with Crippen LogP contribution in [0.15, 0.2) is 54.6 Å². The van der Waals surface area contributed by atoms with Gasteiger partial charge in [0.15, 0.2) is 0 Å². The van der Waals surface area contributed by atoms with E-state index in [1.165, 1.54) is 12.1 Å². The predicted molar refractivity (Wildman–Crippen MR) is 74.4 cm³/mol. The molecule has 1 N–H and O–H groups in total. The first kappa shape index (κ1) is 11.9. The predicted octanol–water partition coefficient (Wildman–Crippen LogP) is 4.54. The van der Waals surface area contributed by atoms with Gasteiger partial charge in [-0.25, -0.2) is 4.39 Å². The van der Waals surface area contributed by atoms with Gasteiger partial charge in [-0.15, -0.1) is 0 Å². The molecule has 0 bridgehead atoms. The first-order valence-electron chi connectivity index (χ1n) is 5.80. The number of aromatic amines is 1. The van der Waals surface area contributed by atoms with Gasteiger partial charge in [-0.2, -0.15) is 5.10 Å². The van der Waals surface area contributed by atoms with Crippen molar-refractivity contribution in [1.29, 1.82) is 0 Å². The van der Waals surface area contributed by atoms with E-state index in [1.807, 2.05) is 30.3 Å². The number of aromatic nitrogens is 2. The Labute approximate surface area is 114 Å². The molecule has 0 spiro atoms. The Balaban J connectivity index is 1.95. The Bertz CT molecular complexity index is 627. The van der Waals surface area contributed by atoms with Gasteiger partial charge < -0.3 is 0 Å². The molecule has 4 heteroatoms. The van der Waals surface area contributed by atoms with Crippen LogP contribution in [0.1, 0.15) is 0 Å². The number of rotatable bonds is 2. The molecule has 3 rings (SSSR count). The molecule has 0 aliphatic rings. The molecule has 94 valence electrons. The molecule has 0 radical (unpaired) electrons. The Morgan fingerprint density at radius 1 is 0.895 bits per heavy atom. The molecule has 0 saturated carbocycles. The number of H-pyrrole nitrogens is 1. The van der Waals surface area contributed by atoms with Crippen LogP contribution in [0.25, 0.3) is 22.5 Å². The van der Waals surface area contributed by atoms with Gasteiger partial charge in [-0.3, -0.25) is 5.10 Å². The lowest BCUT2D eigenvalue weighted by Crippen LogP contribution is -1.78. The highest BCUT2D eigenvalue weighted by Gasteiger charge is 2.05. The maximum absolute atomic E-state index is 12.9. The number of benzene rings is 2. The van der Waals surface area contributed by atoms with Crippen LogP contribution in [0.2, 0.25) is 5.02 Å². The molecule has 2 nitrogen and oxygen atoms in total. The van der Waals surface area contributed by atoms with Crippen LogP contribution < -0.4 is 0 Å². The molecule has 1 aromatic heterocycles. The summed E-state index contributed by atoms with van der Waals surface area (Å²) in [7, 11) is 0. The normalized spacial score (nSPS) is 10.6. The smallest absolute Gasteiger partial charge is 0.123 e. The van der Waals surface area contributed by atoms with Crippen molar-refractivity contribution in [2.45, 2.75) is 0 Å². The summed E-state index contributed by atoms with van der Waals surface area (Å²) >= 11 is 5.85. The maximum Gasteiger partial charge on any atom is 0.123 e. The van der Waals surface area contributed by atoms with Crippen molar-refractivity contribution in [2.24, 2.45) is 0 Å². The van der Waals surface area contributed by atoms with E-state index < -0.39 is 0 Å². The van der Waals surface area contributed by atoms with Crippen molar-refractivity contribution < 1.29 is 4.39 Å². The third kappa shape index (κ3) is 2.51. The molecular weight excluding hydrogens is 263 g/mol. The van der Waals surface area contributed by atoms with Crippen LogP contribution in [-0.2, 0) is 0 Å². The zero-order chi connectivity index (χ0) is 13.2. The largest absolute Gasteiger partial charge is 0.277 e. The van der Waals surface area contributed by atoms with Crippen LogP contribution in [0, 0.1) is 5.82 Å². The van der Waals surface area contributed by atoms with Crippen LogP contribution in [0.4, 0.5) is 4.39 Å². The second kappa shape index (κ2) is 4.86. The summed E-state index contributed by atoms with van der Waals surface area (Å²) in [5.41, 5.74) is 3.56. The van der Waals surface area contributed by atoms with Crippen LogP contribution in [0.5, 0.6) is 0 Å². The lowest BCUT2D eigenvalue weighted by molar-refractivity contribution is 0.628. The van der Waals surface area contributed by atoms with Crippen LogP contribution >= 0.6 is 11.6 Å².